The molecule has 0 aromatic carbocycles. The Kier molecular flexibility index (Phi) is 4.62. The fraction of sp³-hybridized carbons (Fsp3) is 0.643. The van der Waals surface area contributed by atoms with Crippen molar-refractivity contribution in [2.24, 2.45) is 11.7 Å². The van der Waals surface area contributed by atoms with E-state index in [-0.39, 0.29) is 17.6 Å². The van der Waals surface area contributed by atoms with E-state index in [0.29, 0.717) is 31.2 Å². The van der Waals surface area contributed by atoms with E-state index in [4.69, 9.17) is 5.73 Å². The predicted octanol–water partition coefficient (Wildman–Crippen LogP) is 1.79. The van der Waals surface area contributed by atoms with Crippen molar-refractivity contribution < 1.29 is 9.72 Å². The van der Waals surface area contributed by atoms with Crippen molar-refractivity contribution in [2.45, 2.75) is 32.7 Å². The molecule has 0 radical (unpaired) electrons. The highest BCUT2D eigenvalue weighted by molar-refractivity contribution is 5.93. The quantitative estimate of drug-likeness (QED) is 0.676. The van der Waals surface area contributed by atoms with Crippen LogP contribution in [0.2, 0.25) is 0 Å². The van der Waals surface area contributed by atoms with Crippen molar-refractivity contribution in [3.63, 3.8) is 0 Å². The Balaban J connectivity index is 2.20. The Hall–Kier alpha value is -1.89. The maximum Gasteiger partial charge on any atom is 0.287 e. The van der Waals surface area contributed by atoms with E-state index in [1.807, 2.05) is 13.8 Å². The zero-order valence-electron chi connectivity index (χ0n) is 12.5. The summed E-state index contributed by atoms with van der Waals surface area (Å²) >= 11 is 0. The summed E-state index contributed by atoms with van der Waals surface area (Å²) in [6.45, 7) is 5.79. The lowest BCUT2D eigenvalue weighted by Gasteiger charge is -2.31. The summed E-state index contributed by atoms with van der Waals surface area (Å²) in [6, 6.07) is 1.37. The second kappa shape index (κ2) is 6.26. The molecule has 0 aliphatic carbocycles. The maximum absolute atomic E-state index is 12.6. The summed E-state index contributed by atoms with van der Waals surface area (Å²) in [6.07, 6.45) is 3.23. The number of rotatable bonds is 4. The van der Waals surface area contributed by atoms with Crippen LogP contribution in [0.15, 0.2) is 12.3 Å². The Labute approximate surface area is 123 Å². The second-order valence-corrected chi connectivity index (χ2v) is 5.81. The number of nitrogens with zero attached hydrogens (tertiary/aromatic N) is 3. The lowest BCUT2D eigenvalue weighted by Crippen LogP contribution is -2.40. The Morgan fingerprint density at radius 3 is 2.57 bits per heavy atom. The molecule has 1 aliphatic rings. The molecule has 1 aromatic heterocycles. The summed E-state index contributed by atoms with van der Waals surface area (Å²) in [4.78, 5) is 24.8. The fourth-order valence-corrected chi connectivity index (χ4v) is 2.70. The molecule has 2 rings (SSSR count). The van der Waals surface area contributed by atoms with Gasteiger partial charge in [0.15, 0.2) is 0 Å². The Morgan fingerprint density at radius 1 is 1.48 bits per heavy atom. The van der Waals surface area contributed by atoms with E-state index in [2.05, 4.69) is 0 Å². The molecular formula is C14H22N4O3. The van der Waals surface area contributed by atoms with Gasteiger partial charge in [-0.1, -0.05) is 0 Å². The normalized spacial score (nSPS) is 16.5. The van der Waals surface area contributed by atoms with Crippen molar-refractivity contribution in [1.29, 1.82) is 0 Å². The van der Waals surface area contributed by atoms with Crippen molar-refractivity contribution >= 4 is 11.6 Å². The first-order valence-corrected chi connectivity index (χ1v) is 7.29. The summed E-state index contributed by atoms with van der Waals surface area (Å²) in [5.41, 5.74) is 6.01. The van der Waals surface area contributed by atoms with Crippen molar-refractivity contribution in [3.8, 4) is 0 Å². The summed E-state index contributed by atoms with van der Waals surface area (Å²) in [7, 11) is 0. The van der Waals surface area contributed by atoms with E-state index in [1.54, 1.807) is 9.47 Å². The molecule has 0 atom stereocenters. The maximum atomic E-state index is 12.6. The van der Waals surface area contributed by atoms with Gasteiger partial charge in [-0.25, -0.2) is 0 Å². The molecule has 7 heteroatoms. The molecule has 1 aromatic rings. The van der Waals surface area contributed by atoms with E-state index < -0.39 is 4.92 Å². The number of piperidine rings is 1. The first kappa shape index (κ1) is 15.5. The SMILES string of the molecule is CC(C)n1cc([N+](=O)[O-])cc1C(=O)N1CCC(CN)CC1. The van der Waals surface area contributed by atoms with Gasteiger partial charge in [0.1, 0.15) is 5.69 Å². The number of hydrogen-bond acceptors (Lipinski definition) is 4. The van der Waals surface area contributed by atoms with Crippen molar-refractivity contribution in [1.82, 2.24) is 9.47 Å². The van der Waals surface area contributed by atoms with Crippen LogP contribution in [-0.2, 0) is 0 Å². The Morgan fingerprint density at radius 2 is 2.10 bits per heavy atom. The molecule has 0 saturated carbocycles. The number of aromatic nitrogens is 1. The summed E-state index contributed by atoms with van der Waals surface area (Å²) in [5.74, 6) is 0.340. The molecule has 7 nitrogen and oxygen atoms in total. The first-order valence-electron chi connectivity index (χ1n) is 7.29. The lowest BCUT2D eigenvalue weighted by atomic mass is 9.97. The van der Waals surface area contributed by atoms with Gasteiger partial charge in [-0.3, -0.25) is 14.9 Å². The average Bonchev–Trinajstić information content (AvgIpc) is 2.92. The number of carbonyl (C=O) groups excluding carboxylic acids is 1. The number of nitro groups is 1. The molecule has 1 saturated heterocycles. The number of carbonyl (C=O) groups is 1. The van der Waals surface area contributed by atoms with Crippen LogP contribution in [0.25, 0.3) is 0 Å². The van der Waals surface area contributed by atoms with Gasteiger partial charge in [-0.05, 0) is 39.2 Å². The topological polar surface area (TPSA) is 94.4 Å². The monoisotopic (exact) mass is 294 g/mol. The standard InChI is InChI=1S/C14H22N4O3/c1-10(2)17-9-12(18(20)21)7-13(17)14(19)16-5-3-11(8-15)4-6-16/h7,9-11H,3-6,8,15H2,1-2H3. The third kappa shape index (κ3) is 3.24. The molecule has 0 bridgehead atoms. The zero-order valence-corrected chi connectivity index (χ0v) is 12.5. The van der Waals surface area contributed by atoms with Crippen LogP contribution in [0, 0.1) is 16.0 Å². The van der Waals surface area contributed by atoms with Gasteiger partial charge in [0.2, 0.25) is 0 Å². The van der Waals surface area contributed by atoms with Crippen LogP contribution in [0.3, 0.4) is 0 Å². The van der Waals surface area contributed by atoms with Gasteiger partial charge >= 0.3 is 0 Å². The van der Waals surface area contributed by atoms with Gasteiger partial charge in [0.05, 0.1) is 11.1 Å². The number of amides is 1. The third-order valence-electron chi connectivity index (χ3n) is 4.06. The van der Waals surface area contributed by atoms with E-state index in [9.17, 15) is 14.9 Å². The largest absolute Gasteiger partial charge is 0.337 e. The molecule has 0 unspecified atom stereocenters. The van der Waals surface area contributed by atoms with Gasteiger partial charge in [-0.15, -0.1) is 0 Å². The average molecular weight is 294 g/mol. The number of nitrogens with two attached hydrogens (primary N) is 1. The molecular weight excluding hydrogens is 272 g/mol. The molecule has 1 fully saturated rings. The zero-order chi connectivity index (χ0) is 15.6. The molecule has 1 aliphatic heterocycles. The molecule has 2 N–H and O–H groups in total. The Bertz CT molecular complexity index is 530. The van der Waals surface area contributed by atoms with Crippen LogP contribution < -0.4 is 5.73 Å². The van der Waals surface area contributed by atoms with E-state index in [1.165, 1.54) is 12.3 Å². The van der Waals surface area contributed by atoms with Gasteiger partial charge < -0.3 is 15.2 Å². The minimum absolute atomic E-state index is 0.000712. The highest BCUT2D eigenvalue weighted by Gasteiger charge is 2.27. The number of hydrogen-bond donors (Lipinski definition) is 1. The minimum atomic E-state index is -0.462. The first-order chi connectivity index (χ1) is 9.93. The molecule has 116 valence electrons. The van der Waals surface area contributed by atoms with Crippen molar-refractivity contribution in [2.75, 3.05) is 19.6 Å². The van der Waals surface area contributed by atoms with Crippen molar-refractivity contribution in [3.05, 3.63) is 28.1 Å². The van der Waals surface area contributed by atoms with Crippen LogP contribution in [0.4, 0.5) is 5.69 Å². The van der Waals surface area contributed by atoms with Crippen LogP contribution in [-0.4, -0.2) is 39.9 Å². The van der Waals surface area contributed by atoms with Crippen LogP contribution in [0.5, 0.6) is 0 Å². The van der Waals surface area contributed by atoms with Crippen LogP contribution in [0.1, 0.15) is 43.2 Å². The van der Waals surface area contributed by atoms with Crippen LogP contribution >= 0.6 is 0 Å². The highest BCUT2D eigenvalue weighted by Crippen LogP contribution is 2.24. The smallest absolute Gasteiger partial charge is 0.287 e. The van der Waals surface area contributed by atoms with Gasteiger partial charge in [0, 0.05) is 25.2 Å². The highest BCUT2D eigenvalue weighted by atomic mass is 16.6. The van der Waals surface area contributed by atoms with Gasteiger partial charge in [0.25, 0.3) is 11.6 Å². The van der Waals surface area contributed by atoms with E-state index in [0.717, 1.165) is 12.8 Å². The van der Waals surface area contributed by atoms with Gasteiger partial charge in [-0.2, -0.15) is 0 Å². The summed E-state index contributed by atoms with van der Waals surface area (Å²) < 4.78 is 1.68. The predicted molar refractivity (Wildman–Crippen MR) is 79.2 cm³/mol. The second-order valence-electron chi connectivity index (χ2n) is 5.81. The molecule has 2 heterocycles. The van der Waals surface area contributed by atoms with E-state index >= 15 is 0 Å². The molecule has 21 heavy (non-hydrogen) atoms. The minimum Gasteiger partial charge on any atom is -0.337 e. The third-order valence-corrected chi connectivity index (χ3v) is 4.06. The fourth-order valence-electron chi connectivity index (χ4n) is 2.70. The molecule has 1 amide bonds. The summed E-state index contributed by atoms with van der Waals surface area (Å²) in [5, 5.41) is 10.9. The number of likely N-dealkylation sites (tertiary alicyclic amines) is 1. The molecule has 0 spiro atoms. The lowest BCUT2D eigenvalue weighted by molar-refractivity contribution is -0.384.